The molecule has 0 saturated carbocycles. The number of thioether (sulfide) groups is 1. The Morgan fingerprint density at radius 3 is 2.91 bits per heavy atom. The second-order valence-corrected chi connectivity index (χ2v) is 6.26. The van der Waals surface area contributed by atoms with Crippen LogP contribution in [0.25, 0.3) is 0 Å². The molecule has 1 fully saturated rings. The van der Waals surface area contributed by atoms with Gasteiger partial charge in [-0.05, 0) is 25.1 Å². The van der Waals surface area contributed by atoms with Crippen molar-refractivity contribution in [2.45, 2.75) is 11.3 Å². The number of carbonyl (C=O) groups is 2. The second kappa shape index (κ2) is 8.00. The van der Waals surface area contributed by atoms with E-state index < -0.39 is 5.97 Å². The van der Waals surface area contributed by atoms with Crippen LogP contribution in [0.4, 0.5) is 5.69 Å². The van der Waals surface area contributed by atoms with Crippen LogP contribution in [-0.4, -0.2) is 47.3 Å². The van der Waals surface area contributed by atoms with Crippen molar-refractivity contribution in [3.63, 3.8) is 0 Å². The van der Waals surface area contributed by atoms with Gasteiger partial charge in [-0.2, -0.15) is 0 Å². The van der Waals surface area contributed by atoms with Crippen LogP contribution in [0.1, 0.15) is 6.42 Å². The first-order valence-electron chi connectivity index (χ1n) is 7.18. The van der Waals surface area contributed by atoms with Crippen LogP contribution in [0.15, 0.2) is 41.8 Å². The Labute approximate surface area is 134 Å². The average Bonchev–Trinajstić information content (AvgIpc) is 2.95. The Hall–Kier alpha value is -1.79. The number of nitrogens with one attached hydrogen (secondary N) is 1. The van der Waals surface area contributed by atoms with Crippen LogP contribution in [0, 0.1) is 5.92 Å². The van der Waals surface area contributed by atoms with Crippen LogP contribution < -0.4 is 5.32 Å². The summed E-state index contributed by atoms with van der Waals surface area (Å²) in [6, 6.07) is 7.64. The quantitative estimate of drug-likeness (QED) is 0.596. The number of likely N-dealkylation sites (tertiary alicyclic amines) is 1. The molecule has 5 nitrogen and oxygen atoms in total. The van der Waals surface area contributed by atoms with Crippen molar-refractivity contribution in [2.24, 2.45) is 5.92 Å². The Kier molecular flexibility index (Phi) is 6.03. The number of carbonyl (C=O) groups excluding carboxylic acids is 1. The highest BCUT2D eigenvalue weighted by Gasteiger charge is 2.28. The van der Waals surface area contributed by atoms with Crippen molar-refractivity contribution in [1.29, 1.82) is 0 Å². The first-order valence-corrected chi connectivity index (χ1v) is 8.16. The van der Waals surface area contributed by atoms with Gasteiger partial charge in [0.1, 0.15) is 0 Å². The molecule has 1 aliphatic rings. The normalized spacial score (nSPS) is 18.1. The lowest BCUT2D eigenvalue weighted by atomic mass is 10.1. The van der Waals surface area contributed by atoms with Crippen molar-refractivity contribution in [1.82, 2.24) is 4.90 Å². The molecule has 1 saturated heterocycles. The zero-order valence-electron chi connectivity index (χ0n) is 12.3. The lowest BCUT2D eigenvalue weighted by Gasteiger charge is -2.16. The van der Waals surface area contributed by atoms with E-state index in [1.807, 2.05) is 35.2 Å². The van der Waals surface area contributed by atoms with E-state index in [1.54, 1.807) is 11.8 Å². The molecular formula is C16H20N2O3S. The molecule has 1 heterocycles. The van der Waals surface area contributed by atoms with Gasteiger partial charge in [-0.15, -0.1) is 18.3 Å². The van der Waals surface area contributed by atoms with E-state index in [2.05, 4.69) is 11.9 Å². The molecule has 0 bridgehead atoms. The van der Waals surface area contributed by atoms with Crippen molar-refractivity contribution < 1.29 is 14.7 Å². The molecule has 1 aromatic carbocycles. The number of carboxylic acids is 1. The van der Waals surface area contributed by atoms with Crippen molar-refractivity contribution in [3.05, 3.63) is 36.9 Å². The highest BCUT2D eigenvalue weighted by atomic mass is 32.2. The van der Waals surface area contributed by atoms with Crippen LogP contribution >= 0.6 is 11.8 Å². The van der Waals surface area contributed by atoms with E-state index in [-0.39, 0.29) is 18.4 Å². The summed E-state index contributed by atoms with van der Waals surface area (Å²) in [5.41, 5.74) is 0.785. The molecule has 1 amide bonds. The van der Waals surface area contributed by atoms with Crippen molar-refractivity contribution in [3.8, 4) is 0 Å². The molecule has 0 aromatic heterocycles. The van der Waals surface area contributed by atoms with Gasteiger partial charge in [0.15, 0.2) is 0 Å². The molecule has 22 heavy (non-hydrogen) atoms. The molecule has 0 spiro atoms. The smallest absolute Gasteiger partial charge is 0.307 e. The van der Waals surface area contributed by atoms with Crippen LogP contribution in [0.3, 0.4) is 0 Å². The standard InChI is InChI=1S/C16H20N2O3S/c1-2-9-22-14-6-4-3-5-13(14)17-15(19)11-18-8-7-12(10-18)16(20)21/h2-6,12H,1,7-11H2,(H,17,19)(H,20,21). The van der Waals surface area contributed by atoms with E-state index in [0.29, 0.717) is 19.5 Å². The summed E-state index contributed by atoms with van der Waals surface area (Å²) in [5.74, 6) is -0.478. The fourth-order valence-corrected chi connectivity index (χ4v) is 3.16. The molecule has 0 aliphatic carbocycles. The largest absolute Gasteiger partial charge is 0.481 e. The number of rotatable bonds is 7. The summed E-state index contributed by atoms with van der Waals surface area (Å²) in [6.45, 7) is 5.01. The third kappa shape index (κ3) is 4.61. The highest BCUT2D eigenvalue weighted by molar-refractivity contribution is 7.99. The number of hydrogen-bond donors (Lipinski definition) is 2. The topological polar surface area (TPSA) is 69.6 Å². The number of para-hydroxylation sites is 1. The monoisotopic (exact) mass is 320 g/mol. The minimum atomic E-state index is -0.783. The van der Waals surface area contributed by atoms with Crippen molar-refractivity contribution >= 4 is 29.3 Å². The molecule has 6 heteroatoms. The molecule has 2 rings (SSSR count). The Bertz CT molecular complexity index is 562. The predicted octanol–water partition coefficient (Wildman–Crippen LogP) is 2.31. The maximum Gasteiger partial charge on any atom is 0.307 e. The van der Waals surface area contributed by atoms with Gasteiger partial charge in [-0.25, -0.2) is 0 Å². The van der Waals surface area contributed by atoms with Gasteiger partial charge in [-0.1, -0.05) is 18.2 Å². The predicted molar refractivity (Wildman–Crippen MR) is 88.2 cm³/mol. The third-order valence-corrected chi connectivity index (χ3v) is 4.58. The van der Waals surface area contributed by atoms with Gasteiger partial charge >= 0.3 is 5.97 Å². The Morgan fingerprint density at radius 2 is 2.23 bits per heavy atom. The first kappa shape index (κ1) is 16.6. The number of amides is 1. The van der Waals surface area contributed by atoms with Crippen LogP contribution in [0.5, 0.6) is 0 Å². The van der Waals surface area contributed by atoms with Gasteiger partial charge < -0.3 is 10.4 Å². The summed E-state index contributed by atoms with van der Waals surface area (Å²) in [5, 5.41) is 11.9. The molecule has 2 N–H and O–H groups in total. The highest BCUT2D eigenvalue weighted by Crippen LogP contribution is 2.27. The number of aliphatic carboxylic acids is 1. The SMILES string of the molecule is C=CCSc1ccccc1NC(=O)CN1CCC(C(=O)O)C1. The molecule has 1 unspecified atom stereocenters. The van der Waals surface area contributed by atoms with E-state index >= 15 is 0 Å². The van der Waals surface area contributed by atoms with Gasteiger partial charge in [0.05, 0.1) is 18.2 Å². The van der Waals surface area contributed by atoms with E-state index in [0.717, 1.165) is 16.3 Å². The number of nitrogens with zero attached hydrogens (tertiary/aromatic N) is 1. The summed E-state index contributed by atoms with van der Waals surface area (Å²) in [7, 11) is 0. The molecular weight excluding hydrogens is 300 g/mol. The lowest BCUT2D eigenvalue weighted by Crippen LogP contribution is -2.32. The average molecular weight is 320 g/mol. The maximum atomic E-state index is 12.1. The van der Waals surface area contributed by atoms with Crippen LogP contribution in [-0.2, 0) is 9.59 Å². The van der Waals surface area contributed by atoms with E-state index in [4.69, 9.17) is 5.11 Å². The lowest BCUT2D eigenvalue weighted by molar-refractivity contribution is -0.141. The molecule has 0 radical (unpaired) electrons. The number of anilines is 1. The first-order chi connectivity index (χ1) is 10.6. The summed E-state index contributed by atoms with van der Waals surface area (Å²) < 4.78 is 0. The van der Waals surface area contributed by atoms with Crippen molar-refractivity contribution in [2.75, 3.05) is 30.7 Å². The minimum Gasteiger partial charge on any atom is -0.481 e. The van der Waals surface area contributed by atoms with Gasteiger partial charge in [0.2, 0.25) is 5.91 Å². The van der Waals surface area contributed by atoms with Crippen LogP contribution in [0.2, 0.25) is 0 Å². The zero-order chi connectivity index (χ0) is 15.9. The summed E-state index contributed by atoms with van der Waals surface area (Å²) >= 11 is 1.61. The fourth-order valence-electron chi connectivity index (χ4n) is 2.42. The van der Waals surface area contributed by atoms with E-state index in [9.17, 15) is 9.59 Å². The molecule has 118 valence electrons. The molecule has 1 atom stereocenters. The third-order valence-electron chi connectivity index (χ3n) is 3.51. The minimum absolute atomic E-state index is 0.113. The second-order valence-electron chi connectivity index (χ2n) is 5.20. The zero-order valence-corrected chi connectivity index (χ0v) is 13.1. The van der Waals surface area contributed by atoms with Gasteiger partial charge in [0.25, 0.3) is 0 Å². The fraction of sp³-hybridized carbons (Fsp3) is 0.375. The van der Waals surface area contributed by atoms with Gasteiger partial charge in [0, 0.05) is 17.2 Å². The van der Waals surface area contributed by atoms with E-state index in [1.165, 1.54) is 0 Å². The molecule has 1 aliphatic heterocycles. The van der Waals surface area contributed by atoms with Gasteiger partial charge in [-0.3, -0.25) is 14.5 Å². The number of benzene rings is 1. The number of hydrogen-bond acceptors (Lipinski definition) is 4. The summed E-state index contributed by atoms with van der Waals surface area (Å²) in [6.07, 6.45) is 2.42. The molecule has 1 aromatic rings. The Morgan fingerprint density at radius 1 is 1.45 bits per heavy atom. The Balaban J connectivity index is 1.90. The number of carboxylic acid groups (broad SMARTS) is 1. The summed E-state index contributed by atoms with van der Waals surface area (Å²) in [4.78, 5) is 26.0. The maximum absolute atomic E-state index is 12.1.